The number of benzene rings is 4. The zero-order valence-corrected chi connectivity index (χ0v) is 20.4. The molecule has 35 heavy (non-hydrogen) atoms. The molecule has 0 spiro atoms. The number of halogens is 2. The summed E-state index contributed by atoms with van der Waals surface area (Å²) in [7, 11) is -3.99. The number of carbonyl (C=O) groups is 2. The number of amides is 2. The van der Waals surface area contributed by atoms with Crippen molar-refractivity contribution in [3.8, 4) is 0 Å². The van der Waals surface area contributed by atoms with E-state index in [1.807, 2.05) is 0 Å². The van der Waals surface area contributed by atoms with E-state index in [2.05, 4.69) is 10.0 Å². The van der Waals surface area contributed by atoms with Crippen LogP contribution < -0.4 is 15.8 Å². The molecule has 10 heteroatoms. The van der Waals surface area contributed by atoms with E-state index in [1.54, 1.807) is 60.7 Å². The number of primary amides is 1. The van der Waals surface area contributed by atoms with E-state index in [1.165, 1.54) is 18.2 Å². The largest absolute Gasteiger partial charge is 0.366 e. The van der Waals surface area contributed by atoms with Gasteiger partial charge in [0.2, 0.25) is 5.91 Å². The second kappa shape index (κ2) is 9.95. The molecule has 0 aromatic heterocycles. The summed E-state index contributed by atoms with van der Waals surface area (Å²) >= 11 is 11.9. The van der Waals surface area contributed by atoms with Crippen LogP contribution in [-0.2, 0) is 16.6 Å². The predicted molar refractivity (Wildman–Crippen MR) is 137 cm³/mol. The molecule has 0 unspecified atom stereocenters. The smallest absolute Gasteiger partial charge is 0.262 e. The summed E-state index contributed by atoms with van der Waals surface area (Å²) in [6, 6.07) is 20.7. The van der Waals surface area contributed by atoms with Crippen LogP contribution in [0.4, 0.5) is 5.69 Å². The molecule has 0 atom stereocenters. The van der Waals surface area contributed by atoms with Gasteiger partial charge < -0.3 is 11.1 Å². The van der Waals surface area contributed by atoms with Crippen molar-refractivity contribution in [1.82, 2.24) is 5.32 Å². The Kier molecular flexibility index (Phi) is 6.98. The summed E-state index contributed by atoms with van der Waals surface area (Å²) in [5, 5.41) is 4.34. The molecular formula is C25H19Cl2N3O4S. The van der Waals surface area contributed by atoms with Crippen molar-refractivity contribution in [3.05, 3.63) is 106 Å². The Morgan fingerprint density at radius 2 is 1.46 bits per heavy atom. The third-order valence-electron chi connectivity index (χ3n) is 5.25. The van der Waals surface area contributed by atoms with E-state index in [0.717, 1.165) is 5.56 Å². The van der Waals surface area contributed by atoms with Crippen LogP contribution in [0.1, 0.15) is 26.3 Å². The van der Waals surface area contributed by atoms with Gasteiger partial charge in [-0.15, -0.1) is 0 Å². The normalized spacial score (nSPS) is 11.3. The molecule has 0 aliphatic heterocycles. The third-order valence-corrected chi connectivity index (χ3v) is 7.03. The van der Waals surface area contributed by atoms with Crippen LogP contribution in [0.15, 0.2) is 83.8 Å². The Balaban J connectivity index is 1.59. The number of hydrogen-bond acceptors (Lipinski definition) is 4. The quantitative estimate of drug-likeness (QED) is 0.314. The first-order valence-electron chi connectivity index (χ1n) is 10.3. The van der Waals surface area contributed by atoms with Crippen molar-refractivity contribution in [2.75, 3.05) is 4.72 Å². The highest BCUT2D eigenvalue weighted by molar-refractivity contribution is 7.92. The fourth-order valence-electron chi connectivity index (χ4n) is 3.55. The van der Waals surface area contributed by atoms with Crippen LogP contribution in [-0.4, -0.2) is 20.2 Å². The highest BCUT2D eigenvalue weighted by Gasteiger charge is 2.18. The maximum atomic E-state index is 13.0. The van der Waals surface area contributed by atoms with Crippen molar-refractivity contribution in [3.63, 3.8) is 0 Å². The van der Waals surface area contributed by atoms with Gasteiger partial charge in [-0.05, 0) is 53.4 Å². The SMILES string of the molecule is NC(=O)c1ccc(CNC(=O)c2cccc3c(NS(=O)(=O)c4cc(Cl)cc(Cl)c4)cccc23)cc1. The molecule has 0 radical (unpaired) electrons. The average Bonchev–Trinajstić information content (AvgIpc) is 2.82. The van der Waals surface area contributed by atoms with Crippen molar-refractivity contribution in [1.29, 1.82) is 0 Å². The van der Waals surface area contributed by atoms with Crippen molar-refractivity contribution in [2.24, 2.45) is 5.73 Å². The number of anilines is 1. The minimum atomic E-state index is -3.99. The molecule has 4 N–H and O–H groups in total. The first-order valence-corrected chi connectivity index (χ1v) is 12.6. The predicted octanol–water partition coefficient (Wildman–Crippen LogP) is 4.98. The van der Waals surface area contributed by atoms with Gasteiger partial charge in [-0.2, -0.15) is 0 Å². The maximum absolute atomic E-state index is 13.0. The molecule has 0 heterocycles. The fourth-order valence-corrected chi connectivity index (χ4v) is 5.35. The lowest BCUT2D eigenvalue weighted by molar-refractivity contribution is 0.0951. The average molecular weight is 528 g/mol. The van der Waals surface area contributed by atoms with Crippen LogP contribution >= 0.6 is 23.2 Å². The van der Waals surface area contributed by atoms with E-state index in [4.69, 9.17) is 28.9 Å². The lowest BCUT2D eigenvalue weighted by atomic mass is 10.0. The third kappa shape index (κ3) is 5.57. The minimum absolute atomic E-state index is 0.0803. The van der Waals surface area contributed by atoms with Crippen LogP contribution in [0.5, 0.6) is 0 Å². The van der Waals surface area contributed by atoms with E-state index in [-0.39, 0.29) is 27.4 Å². The topological polar surface area (TPSA) is 118 Å². The van der Waals surface area contributed by atoms with Crippen LogP contribution in [0.3, 0.4) is 0 Å². The molecular weight excluding hydrogens is 509 g/mol. The molecule has 0 saturated heterocycles. The second-order valence-electron chi connectivity index (χ2n) is 7.66. The Hall–Kier alpha value is -3.59. The zero-order valence-electron chi connectivity index (χ0n) is 18.1. The number of sulfonamides is 1. The molecule has 4 aromatic rings. The summed E-state index contributed by atoms with van der Waals surface area (Å²) in [6.07, 6.45) is 0. The second-order valence-corrected chi connectivity index (χ2v) is 10.2. The fraction of sp³-hybridized carbons (Fsp3) is 0.0400. The molecule has 0 bridgehead atoms. The molecule has 0 aliphatic rings. The lowest BCUT2D eigenvalue weighted by Crippen LogP contribution is -2.23. The van der Waals surface area contributed by atoms with E-state index in [9.17, 15) is 18.0 Å². The maximum Gasteiger partial charge on any atom is 0.262 e. The van der Waals surface area contributed by atoms with Crippen molar-refractivity contribution < 1.29 is 18.0 Å². The van der Waals surface area contributed by atoms with Gasteiger partial charge in [0, 0.05) is 33.1 Å². The highest BCUT2D eigenvalue weighted by Crippen LogP contribution is 2.29. The van der Waals surface area contributed by atoms with Gasteiger partial charge >= 0.3 is 0 Å². The van der Waals surface area contributed by atoms with E-state index < -0.39 is 15.9 Å². The molecule has 0 saturated carbocycles. The van der Waals surface area contributed by atoms with Gasteiger partial charge in [0.15, 0.2) is 0 Å². The number of fused-ring (bicyclic) bond motifs is 1. The molecule has 7 nitrogen and oxygen atoms in total. The van der Waals surface area contributed by atoms with E-state index in [0.29, 0.717) is 27.6 Å². The Morgan fingerprint density at radius 1 is 0.829 bits per heavy atom. The van der Waals surface area contributed by atoms with Gasteiger partial charge in [0.05, 0.1) is 10.6 Å². The Labute approximate surface area is 211 Å². The highest BCUT2D eigenvalue weighted by atomic mass is 35.5. The van der Waals surface area contributed by atoms with Crippen molar-refractivity contribution in [2.45, 2.75) is 11.4 Å². The number of rotatable bonds is 7. The summed E-state index contributed by atoms with van der Waals surface area (Å²) in [5.74, 6) is -0.863. The van der Waals surface area contributed by atoms with Crippen LogP contribution in [0, 0.1) is 0 Å². The molecule has 4 rings (SSSR count). The molecule has 2 amide bonds. The van der Waals surface area contributed by atoms with E-state index >= 15 is 0 Å². The first kappa shape index (κ1) is 24.5. The summed E-state index contributed by atoms with van der Waals surface area (Å²) < 4.78 is 28.5. The monoisotopic (exact) mass is 527 g/mol. The Morgan fingerprint density at radius 3 is 2.11 bits per heavy atom. The summed E-state index contributed by atoms with van der Waals surface area (Å²) in [6.45, 7) is 0.232. The lowest BCUT2D eigenvalue weighted by Gasteiger charge is -2.13. The van der Waals surface area contributed by atoms with Gasteiger partial charge in [-0.1, -0.05) is 59.6 Å². The summed E-state index contributed by atoms with van der Waals surface area (Å²) in [4.78, 5) is 24.1. The van der Waals surface area contributed by atoms with Gasteiger partial charge in [0.25, 0.3) is 15.9 Å². The van der Waals surface area contributed by atoms with Gasteiger partial charge in [0.1, 0.15) is 0 Å². The standard InChI is InChI=1S/C25H19Cl2N3O4S/c26-17-11-18(27)13-19(12-17)35(33,34)30-23-6-2-3-20-21(23)4-1-5-22(20)25(32)29-14-15-7-9-16(10-8-15)24(28)31/h1-13,30H,14H2,(H2,28,31)(H,29,32). The molecule has 0 fully saturated rings. The zero-order chi connectivity index (χ0) is 25.2. The van der Waals surface area contributed by atoms with Gasteiger partial charge in [-0.3, -0.25) is 14.3 Å². The molecule has 0 aliphatic carbocycles. The van der Waals surface area contributed by atoms with Gasteiger partial charge in [-0.25, -0.2) is 8.42 Å². The van der Waals surface area contributed by atoms with Crippen LogP contribution in [0.2, 0.25) is 10.0 Å². The number of carbonyl (C=O) groups excluding carboxylic acids is 2. The minimum Gasteiger partial charge on any atom is -0.366 e. The first-order chi connectivity index (χ1) is 16.6. The van der Waals surface area contributed by atoms with Crippen LogP contribution in [0.25, 0.3) is 10.8 Å². The number of nitrogens with one attached hydrogen (secondary N) is 2. The molecule has 178 valence electrons. The van der Waals surface area contributed by atoms with Crippen molar-refractivity contribution >= 4 is 61.5 Å². The Bertz CT molecular complexity index is 1540. The summed E-state index contributed by atoms with van der Waals surface area (Å²) in [5.41, 5.74) is 7.10. The number of hydrogen-bond donors (Lipinski definition) is 3. The molecule has 4 aromatic carbocycles. The number of nitrogens with two attached hydrogens (primary N) is 1.